The van der Waals surface area contributed by atoms with Crippen molar-refractivity contribution in [2.75, 3.05) is 19.0 Å². The van der Waals surface area contributed by atoms with Crippen molar-refractivity contribution in [3.63, 3.8) is 0 Å². The molecule has 1 aromatic heterocycles. The lowest BCUT2D eigenvalue weighted by atomic mass is 10.1. The van der Waals surface area contributed by atoms with Crippen LogP contribution in [0.1, 0.15) is 11.3 Å². The predicted octanol–water partition coefficient (Wildman–Crippen LogP) is 1.82. The maximum absolute atomic E-state index is 12.2. The Hall–Kier alpha value is -2.63. The number of hydrogen-bond acceptors (Lipinski definition) is 5. The number of hydrogen-bond donors (Lipinski definition) is 1. The van der Waals surface area contributed by atoms with Crippen LogP contribution in [0.5, 0.6) is 0 Å². The van der Waals surface area contributed by atoms with E-state index in [0.29, 0.717) is 12.2 Å². The Labute approximate surface area is 122 Å². The molecular weight excluding hydrogens is 270 g/mol. The molecule has 2 aromatic rings. The van der Waals surface area contributed by atoms with E-state index < -0.39 is 11.7 Å². The van der Waals surface area contributed by atoms with Gasteiger partial charge in [0.2, 0.25) is 0 Å². The highest BCUT2D eigenvalue weighted by molar-refractivity contribution is 5.71. The van der Waals surface area contributed by atoms with Crippen molar-refractivity contribution < 1.29 is 9.53 Å². The highest BCUT2D eigenvalue weighted by atomic mass is 16.5. The summed E-state index contributed by atoms with van der Waals surface area (Å²) in [6.07, 6.45) is 1.50. The first-order chi connectivity index (χ1) is 10.1. The molecule has 0 saturated carbocycles. The van der Waals surface area contributed by atoms with Crippen LogP contribution in [0.25, 0.3) is 0 Å². The number of rotatable bonds is 4. The number of methoxy groups -OCH3 is 1. The van der Waals surface area contributed by atoms with Gasteiger partial charge in [0.15, 0.2) is 5.82 Å². The number of anilines is 1. The Balaban J connectivity index is 2.11. The van der Waals surface area contributed by atoms with Gasteiger partial charge in [0.05, 0.1) is 7.11 Å². The topological polar surface area (TPSA) is 73.2 Å². The van der Waals surface area contributed by atoms with Gasteiger partial charge in [-0.25, -0.2) is 14.3 Å². The molecule has 6 heteroatoms. The van der Waals surface area contributed by atoms with Crippen LogP contribution < -0.4 is 10.9 Å². The zero-order valence-electron chi connectivity index (χ0n) is 12.0. The van der Waals surface area contributed by atoms with E-state index in [-0.39, 0.29) is 5.82 Å². The van der Waals surface area contributed by atoms with Gasteiger partial charge in [-0.15, -0.1) is 0 Å². The molecule has 110 valence electrons. The fraction of sp³-hybridized carbons (Fsp3) is 0.267. The smallest absolute Gasteiger partial charge is 0.421 e. The summed E-state index contributed by atoms with van der Waals surface area (Å²) in [6.45, 7) is 2.18. The van der Waals surface area contributed by atoms with Crippen molar-refractivity contribution in [2.45, 2.75) is 13.3 Å². The van der Waals surface area contributed by atoms with Crippen LogP contribution in [-0.2, 0) is 11.2 Å². The molecule has 6 nitrogen and oxygen atoms in total. The molecule has 0 bridgehead atoms. The van der Waals surface area contributed by atoms with Crippen LogP contribution in [0.3, 0.4) is 0 Å². The molecule has 0 fully saturated rings. The summed E-state index contributed by atoms with van der Waals surface area (Å²) in [7, 11) is 1.23. The molecule has 0 unspecified atom stereocenters. The molecule has 0 atom stereocenters. The molecule has 0 aliphatic carbocycles. The van der Waals surface area contributed by atoms with Crippen molar-refractivity contribution in [1.29, 1.82) is 0 Å². The van der Waals surface area contributed by atoms with E-state index in [9.17, 15) is 9.59 Å². The van der Waals surface area contributed by atoms with Crippen molar-refractivity contribution in [3.05, 3.63) is 58.1 Å². The third-order valence-electron chi connectivity index (χ3n) is 3.04. The van der Waals surface area contributed by atoms with E-state index in [0.717, 1.165) is 16.6 Å². The van der Waals surface area contributed by atoms with Crippen molar-refractivity contribution >= 4 is 11.9 Å². The zero-order valence-corrected chi connectivity index (χ0v) is 12.0. The van der Waals surface area contributed by atoms with Crippen molar-refractivity contribution in [1.82, 2.24) is 9.55 Å². The summed E-state index contributed by atoms with van der Waals surface area (Å²) in [4.78, 5) is 27.8. The minimum absolute atomic E-state index is 0.141. The summed E-state index contributed by atoms with van der Waals surface area (Å²) in [5.41, 5.74) is 1.08. The lowest BCUT2D eigenvalue weighted by Crippen LogP contribution is -2.32. The first-order valence-corrected chi connectivity index (χ1v) is 6.58. The monoisotopic (exact) mass is 287 g/mol. The van der Waals surface area contributed by atoms with Crippen LogP contribution >= 0.6 is 0 Å². The molecule has 0 saturated heterocycles. The largest absolute Gasteiger partial charge is 0.452 e. The number of carbonyl (C=O) groups is 1. The quantitative estimate of drug-likeness (QED) is 0.928. The second kappa shape index (κ2) is 6.69. The highest BCUT2D eigenvalue weighted by Gasteiger charge is 2.14. The average molecular weight is 287 g/mol. The van der Waals surface area contributed by atoms with Gasteiger partial charge in [-0.3, -0.25) is 4.79 Å². The number of ether oxygens (including phenoxy) is 1. The molecule has 1 aromatic carbocycles. The number of nitrogens with one attached hydrogen (secondary N) is 1. The van der Waals surface area contributed by atoms with Crippen LogP contribution in [0, 0.1) is 6.92 Å². The van der Waals surface area contributed by atoms with Crippen LogP contribution in [0.2, 0.25) is 0 Å². The summed E-state index contributed by atoms with van der Waals surface area (Å²) in [5, 5.41) is 2.96. The van der Waals surface area contributed by atoms with Gasteiger partial charge in [0, 0.05) is 18.4 Å². The molecular formula is C15H17N3O3. The van der Waals surface area contributed by atoms with Crippen molar-refractivity contribution in [3.8, 4) is 0 Å². The molecule has 21 heavy (non-hydrogen) atoms. The molecule has 1 N–H and O–H groups in total. The van der Waals surface area contributed by atoms with Gasteiger partial charge < -0.3 is 10.1 Å². The van der Waals surface area contributed by atoms with Crippen LogP contribution in [-0.4, -0.2) is 29.3 Å². The van der Waals surface area contributed by atoms with Gasteiger partial charge >= 0.3 is 11.7 Å². The van der Waals surface area contributed by atoms with E-state index >= 15 is 0 Å². The third kappa shape index (κ3) is 3.47. The number of aryl methyl sites for hydroxylation is 1. The molecule has 0 aliphatic heterocycles. The lowest BCUT2D eigenvalue weighted by molar-refractivity contribution is 0.171. The first-order valence-electron chi connectivity index (χ1n) is 6.58. The van der Waals surface area contributed by atoms with E-state index in [1.54, 1.807) is 6.92 Å². The number of carbonyl (C=O) groups excluding carboxylic acids is 1. The highest BCUT2D eigenvalue weighted by Crippen LogP contribution is 2.02. The Bertz CT molecular complexity index is 680. The maximum atomic E-state index is 12.2. The third-order valence-corrected chi connectivity index (χ3v) is 3.04. The van der Waals surface area contributed by atoms with E-state index in [1.165, 1.54) is 13.3 Å². The molecule has 0 spiro atoms. The summed E-state index contributed by atoms with van der Waals surface area (Å²) in [6, 6.07) is 9.90. The van der Waals surface area contributed by atoms with Gasteiger partial charge in [-0.1, -0.05) is 30.3 Å². The van der Waals surface area contributed by atoms with E-state index in [4.69, 9.17) is 0 Å². The van der Waals surface area contributed by atoms with Gasteiger partial charge in [0.1, 0.15) is 0 Å². The summed E-state index contributed by atoms with van der Waals surface area (Å²) >= 11 is 0. The van der Waals surface area contributed by atoms with E-state index in [2.05, 4.69) is 15.0 Å². The van der Waals surface area contributed by atoms with Crippen molar-refractivity contribution in [2.24, 2.45) is 0 Å². The number of benzene rings is 1. The predicted molar refractivity (Wildman–Crippen MR) is 79.7 cm³/mol. The maximum Gasteiger partial charge on any atom is 0.421 e. The fourth-order valence-corrected chi connectivity index (χ4v) is 1.95. The Morgan fingerprint density at radius 3 is 2.71 bits per heavy atom. The van der Waals surface area contributed by atoms with E-state index in [1.807, 2.05) is 30.3 Å². The summed E-state index contributed by atoms with van der Waals surface area (Å²) in [5.74, 6) is 0.141. The first kappa shape index (κ1) is 14.8. The summed E-state index contributed by atoms with van der Waals surface area (Å²) < 4.78 is 5.55. The number of nitrogens with zero attached hydrogens (tertiary/aromatic N) is 2. The molecule has 0 aliphatic rings. The molecule has 0 radical (unpaired) electrons. The fourth-order valence-electron chi connectivity index (χ4n) is 1.95. The van der Waals surface area contributed by atoms with Crippen LogP contribution in [0.4, 0.5) is 10.6 Å². The van der Waals surface area contributed by atoms with Crippen LogP contribution in [0.15, 0.2) is 41.3 Å². The molecule has 0 amide bonds. The number of aromatic nitrogens is 2. The molecule has 2 rings (SSSR count). The Morgan fingerprint density at radius 1 is 1.33 bits per heavy atom. The second-order valence-corrected chi connectivity index (χ2v) is 4.52. The minimum Gasteiger partial charge on any atom is -0.452 e. The lowest BCUT2D eigenvalue weighted by Gasteiger charge is -2.10. The molecule has 1 heterocycles. The Morgan fingerprint density at radius 2 is 2.05 bits per heavy atom. The standard InChI is InChI=1S/C15H17N3O3/c1-11-10-17-13(14(19)18(11)15(20)21-2)16-9-8-12-6-4-3-5-7-12/h3-7,10H,8-9H2,1-2H3,(H,16,17). The minimum atomic E-state index is -0.717. The SMILES string of the molecule is COC(=O)n1c(C)cnc(NCCc2ccccc2)c1=O. The average Bonchev–Trinajstić information content (AvgIpc) is 2.50. The zero-order chi connectivity index (χ0) is 15.2. The normalized spacial score (nSPS) is 10.2. The second-order valence-electron chi connectivity index (χ2n) is 4.52. The van der Waals surface area contributed by atoms with Gasteiger partial charge in [-0.05, 0) is 18.9 Å². The van der Waals surface area contributed by atoms with Gasteiger partial charge in [0.25, 0.3) is 0 Å². The van der Waals surface area contributed by atoms with Gasteiger partial charge in [-0.2, -0.15) is 0 Å². The Kier molecular flexibility index (Phi) is 4.71.